The maximum absolute atomic E-state index is 12.2. The second-order valence-electron chi connectivity index (χ2n) is 5.32. The Morgan fingerprint density at radius 3 is 2.58 bits per heavy atom. The fourth-order valence-corrected chi connectivity index (χ4v) is 2.56. The molecule has 2 aromatic carbocycles. The molecule has 0 bridgehead atoms. The van der Waals surface area contributed by atoms with E-state index in [-0.39, 0.29) is 6.61 Å². The summed E-state index contributed by atoms with van der Waals surface area (Å²) in [5.74, 6) is 0.300. The van der Waals surface area contributed by atoms with Crippen molar-refractivity contribution in [2.24, 2.45) is 0 Å². The maximum atomic E-state index is 12.2. The van der Waals surface area contributed by atoms with E-state index in [2.05, 4.69) is 0 Å². The Labute approximate surface area is 139 Å². The van der Waals surface area contributed by atoms with Crippen LogP contribution in [0.5, 0.6) is 5.75 Å². The molecule has 0 aromatic heterocycles. The molecule has 0 atom stereocenters. The zero-order chi connectivity index (χ0) is 17.1. The highest BCUT2D eigenvalue weighted by Crippen LogP contribution is 2.30. The van der Waals surface area contributed by atoms with Crippen molar-refractivity contribution in [3.63, 3.8) is 0 Å². The maximum Gasteiger partial charge on any atom is 0.414 e. The number of rotatable bonds is 4. The van der Waals surface area contributed by atoms with Gasteiger partial charge in [0.25, 0.3) is 0 Å². The summed E-state index contributed by atoms with van der Waals surface area (Å²) in [5.41, 5.74) is 2.82. The van der Waals surface area contributed by atoms with Crippen LogP contribution < -0.4 is 9.64 Å². The van der Waals surface area contributed by atoms with Crippen LogP contribution in [0.25, 0.3) is 0 Å². The van der Waals surface area contributed by atoms with E-state index in [1.54, 1.807) is 25.3 Å². The zero-order valence-corrected chi connectivity index (χ0v) is 13.4. The van der Waals surface area contributed by atoms with Gasteiger partial charge in [0.2, 0.25) is 0 Å². The van der Waals surface area contributed by atoms with Crippen LogP contribution in [0, 0.1) is 0 Å². The molecule has 2 aromatic rings. The van der Waals surface area contributed by atoms with Gasteiger partial charge in [0.1, 0.15) is 12.4 Å². The number of fused-ring (bicyclic) bond motifs is 1. The third-order valence-corrected chi connectivity index (χ3v) is 3.87. The topological polar surface area (TPSA) is 65.1 Å². The van der Waals surface area contributed by atoms with Gasteiger partial charge in [-0.25, -0.2) is 9.59 Å². The van der Waals surface area contributed by atoms with E-state index in [9.17, 15) is 9.59 Å². The normalized spacial score (nSPS) is 13.1. The first kappa shape index (κ1) is 15.9. The number of carbonyl (C=O) groups is 2. The van der Waals surface area contributed by atoms with Crippen molar-refractivity contribution in [3.8, 4) is 5.75 Å². The molecular weight excluding hydrogens is 310 g/mol. The Kier molecular flexibility index (Phi) is 4.37. The van der Waals surface area contributed by atoms with Gasteiger partial charge in [0.15, 0.2) is 0 Å². The molecule has 124 valence electrons. The molecule has 0 N–H and O–H groups in total. The van der Waals surface area contributed by atoms with Gasteiger partial charge in [-0.1, -0.05) is 18.2 Å². The number of nitrogens with zero attached hydrogens (tertiary/aromatic N) is 1. The van der Waals surface area contributed by atoms with Gasteiger partial charge in [-0.05, 0) is 29.8 Å². The predicted molar refractivity (Wildman–Crippen MR) is 87.1 cm³/mol. The van der Waals surface area contributed by atoms with E-state index in [1.165, 1.54) is 12.0 Å². The van der Waals surface area contributed by atoms with E-state index in [0.29, 0.717) is 17.8 Å². The standard InChI is InChI=1S/C18H17NO5/c1-22-15-7-3-12(4-8-15)10-19-16-9-13(17(20)23-2)5-6-14(16)11-24-18(19)21/h3-9H,10-11H2,1-2H3. The van der Waals surface area contributed by atoms with Gasteiger partial charge in [-0.15, -0.1) is 0 Å². The molecule has 6 nitrogen and oxygen atoms in total. The quantitative estimate of drug-likeness (QED) is 0.807. The highest BCUT2D eigenvalue weighted by molar-refractivity contribution is 5.95. The fraction of sp³-hybridized carbons (Fsp3) is 0.222. The molecule has 1 amide bonds. The Bertz CT molecular complexity index is 769. The second-order valence-corrected chi connectivity index (χ2v) is 5.32. The highest BCUT2D eigenvalue weighted by atomic mass is 16.6. The van der Waals surface area contributed by atoms with Crippen molar-refractivity contribution in [2.45, 2.75) is 13.2 Å². The van der Waals surface area contributed by atoms with E-state index in [0.717, 1.165) is 16.9 Å². The Balaban J connectivity index is 1.92. The molecule has 24 heavy (non-hydrogen) atoms. The van der Waals surface area contributed by atoms with Crippen molar-refractivity contribution in [2.75, 3.05) is 19.1 Å². The number of hydrogen-bond acceptors (Lipinski definition) is 5. The lowest BCUT2D eigenvalue weighted by Crippen LogP contribution is -2.35. The van der Waals surface area contributed by atoms with E-state index < -0.39 is 12.1 Å². The molecule has 1 aliphatic rings. The molecule has 6 heteroatoms. The van der Waals surface area contributed by atoms with Gasteiger partial charge in [-0.2, -0.15) is 0 Å². The van der Waals surface area contributed by atoms with E-state index >= 15 is 0 Å². The van der Waals surface area contributed by atoms with Crippen molar-refractivity contribution < 1.29 is 23.8 Å². The molecular formula is C18H17NO5. The largest absolute Gasteiger partial charge is 0.497 e. The lowest BCUT2D eigenvalue weighted by Gasteiger charge is -2.29. The summed E-state index contributed by atoms with van der Waals surface area (Å²) in [6.07, 6.45) is -0.444. The van der Waals surface area contributed by atoms with Crippen LogP contribution in [-0.4, -0.2) is 26.3 Å². The molecule has 0 radical (unpaired) electrons. The van der Waals surface area contributed by atoms with Crippen molar-refractivity contribution >= 4 is 17.7 Å². The van der Waals surface area contributed by atoms with Crippen LogP contribution in [0.1, 0.15) is 21.5 Å². The van der Waals surface area contributed by atoms with Gasteiger partial charge >= 0.3 is 12.1 Å². The van der Waals surface area contributed by atoms with Gasteiger partial charge in [0.05, 0.1) is 32.0 Å². The second kappa shape index (κ2) is 6.62. The highest BCUT2D eigenvalue weighted by Gasteiger charge is 2.27. The number of amides is 1. The van der Waals surface area contributed by atoms with Crippen molar-refractivity contribution in [1.82, 2.24) is 0 Å². The Hall–Kier alpha value is -3.02. The zero-order valence-electron chi connectivity index (χ0n) is 13.4. The lowest BCUT2D eigenvalue weighted by atomic mass is 10.1. The van der Waals surface area contributed by atoms with Gasteiger partial charge in [0, 0.05) is 5.56 Å². The number of esters is 1. The van der Waals surface area contributed by atoms with Crippen molar-refractivity contribution in [1.29, 1.82) is 0 Å². The number of benzene rings is 2. The first-order valence-electron chi connectivity index (χ1n) is 7.41. The molecule has 0 fully saturated rings. The summed E-state index contributed by atoms with van der Waals surface area (Å²) in [7, 11) is 2.92. The number of anilines is 1. The molecule has 0 saturated carbocycles. The minimum atomic E-state index is -0.444. The molecule has 3 rings (SSSR count). The van der Waals surface area contributed by atoms with Gasteiger partial charge in [-0.3, -0.25) is 4.90 Å². The van der Waals surface area contributed by atoms with Crippen LogP contribution in [0.4, 0.5) is 10.5 Å². The molecule has 0 saturated heterocycles. The summed E-state index contributed by atoms with van der Waals surface area (Å²) in [4.78, 5) is 25.5. The number of carbonyl (C=O) groups excluding carboxylic acids is 2. The Morgan fingerprint density at radius 2 is 1.92 bits per heavy atom. The molecule has 0 spiro atoms. The van der Waals surface area contributed by atoms with Gasteiger partial charge < -0.3 is 14.2 Å². The average Bonchev–Trinajstić information content (AvgIpc) is 2.63. The number of ether oxygens (including phenoxy) is 3. The summed E-state index contributed by atoms with van der Waals surface area (Å²) in [6, 6.07) is 12.5. The lowest BCUT2D eigenvalue weighted by molar-refractivity contribution is 0.0600. The fourth-order valence-electron chi connectivity index (χ4n) is 2.56. The number of hydrogen-bond donors (Lipinski definition) is 0. The summed E-state index contributed by atoms with van der Waals surface area (Å²) >= 11 is 0. The first-order valence-corrected chi connectivity index (χ1v) is 7.41. The minimum Gasteiger partial charge on any atom is -0.497 e. The van der Waals surface area contributed by atoms with Crippen LogP contribution in [0.3, 0.4) is 0 Å². The first-order chi connectivity index (χ1) is 11.6. The van der Waals surface area contributed by atoms with Crippen LogP contribution in [-0.2, 0) is 22.6 Å². The van der Waals surface area contributed by atoms with E-state index in [4.69, 9.17) is 14.2 Å². The number of cyclic esters (lactones) is 1. The average molecular weight is 327 g/mol. The SMILES string of the molecule is COC(=O)c1ccc2c(c1)N(Cc1ccc(OC)cc1)C(=O)OC2. The molecule has 0 unspecified atom stereocenters. The third kappa shape index (κ3) is 3.03. The monoisotopic (exact) mass is 327 g/mol. The summed E-state index contributed by atoms with van der Waals surface area (Å²) in [6.45, 7) is 0.523. The Morgan fingerprint density at radius 1 is 1.17 bits per heavy atom. The molecule has 0 aliphatic carbocycles. The predicted octanol–water partition coefficient (Wildman–Crippen LogP) is 3.14. The third-order valence-electron chi connectivity index (χ3n) is 3.87. The van der Waals surface area contributed by atoms with Crippen LogP contribution in [0.15, 0.2) is 42.5 Å². The smallest absolute Gasteiger partial charge is 0.414 e. The van der Waals surface area contributed by atoms with E-state index in [1.807, 2.05) is 24.3 Å². The number of methoxy groups -OCH3 is 2. The summed E-state index contributed by atoms with van der Waals surface area (Å²) < 4.78 is 15.1. The van der Waals surface area contributed by atoms with Crippen LogP contribution >= 0.6 is 0 Å². The van der Waals surface area contributed by atoms with Crippen molar-refractivity contribution in [3.05, 3.63) is 59.2 Å². The minimum absolute atomic E-state index is 0.189. The molecule has 1 heterocycles. The van der Waals surface area contributed by atoms with Crippen LogP contribution in [0.2, 0.25) is 0 Å². The summed E-state index contributed by atoms with van der Waals surface area (Å²) in [5, 5.41) is 0. The molecule has 1 aliphatic heterocycles.